The van der Waals surface area contributed by atoms with E-state index in [9.17, 15) is 4.79 Å². The zero-order valence-electron chi connectivity index (χ0n) is 9.99. The van der Waals surface area contributed by atoms with Gasteiger partial charge in [0.2, 0.25) is 0 Å². The van der Waals surface area contributed by atoms with Gasteiger partial charge >= 0.3 is 6.09 Å². The van der Waals surface area contributed by atoms with Crippen LogP contribution in [0.3, 0.4) is 0 Å². The molecule has 4 heteroatoms. The molecule has 0 saturated heterocycles. The first kappa shape index (κ1) is 12.3. The van der Waals surface area contributed by atoms with Gasteiger partial charge in [-0.15, -0.1) is 0 Å². The van der Waals surface area contributed by atoms with Crippen LogP contribution in [0.2, 0.25) is 0 Å². The molecule has 0 aliphatic heterocycles. The predicted octanol–water partition coefficient (Wildman–Crippen LogP) is 1.83. The van der Waals surface area contributed by atoms with E-state index in [0.29, 0.717) is 18.4 Å². The van der Waals surface area contributed by atoms with Crippen LogP contribution < -0.4 is 0 Å². The first-order chi connectivity index (χ1) is 6.83. The Labute approximate surface area is 91.2 Å². The Balaban J connectivity index is 2.40. The van der Waals surface area contributed by atoms with Crippen molar-refractivity contribution >= 4 is 6.09 Å². The number of aliphatic hydroxyl groups excluding tert-OH is 1. The van der Waals surface area contributed by atoms with E-state index in [0.717, 1.165) is 6.42 Å². The molecule has 15 heavy (non-hydrogen) atoms. The zero-order chi connectivity index (χ0) is 11.6. The summed E-state index contributed by atoms with van der Waals surface area (Å²) in [6.45, 7) is 7.95. The minimum absolute atomic E-state index is 0.266. The number of rotatable bonds is 3. The van der Waals surface area contributed by atoms with Crippen molar-refractivity contribution in [3.63, 3.8) is 0 Å². The van der Waals surface area contributed by atoms with E-state index in [2.05, 4.69) is 6.92 Å². The van der Waals surface area contributed by atoms with Crippen LogP contribution in [-0.2, 0) is 4.74 Å². The lowest BCUT2D eigenvalue weighted by molar-refractivity contribution is 0.00470. The highest BCUT2D eigenvalue weighted by atomic mass is 16.6. The third-order valence-corrected chi connectivity index (χ3v) is 2.55. The van der Waals surface area contributed by atoms with Gasteiger partial charge in [-0.25, -0.2) is 4.79 Å². The second-order valence-corrected chi connectivity index (χ2v) is 5.32. The van der Waals surface area contributed by atoms with E-state index in [1.165, 1.54) is 4.90 Å². The third-order valence-electron chi connectivity index (χ3n) is 2.55. The number of hydrogen-bond donors (Lipinski definition) is 1. The van der Waals surface area contributed by atoms with E-state index in [1.54, 1.807) is 0 Å². The number of carbonyl (C=O) groups excluding carboxylic acids is 1. The highest BCUT2D eigenvalue weighted by Gasteiger charge is 2.35. The van der Waals surface area contributed by atoms with Gasteiger partial charge in [-0.2, -0.15) is 0 Å². The average Bonchev–Trinajstić information content (AvgIpc) is 2.74. The van der Waals surface area contributed by atoms with Gasteiger partial charge in [0.1, 0.15) is 12.3 Å². The summed E-state index contributed by atoms with van der Waals surface area (Å²) in [5.74, 6) is 1.20. The lowest BCUT2D eigenvalue weighted by Crippen LogP contribution is -2.38. The van der Waals surface area contributed by atoms with Crippen molar-refractivity contribution in [1.82, 2.24) is 4.90 Å². The molecule has 0 aromatic rings. The molecule has 0 radical (unpaired) electrons. The smallest absolute Gasteiger partial charge is 0.412 e. The molecule has 1 N–H and O–H groups in total. The van der Waals surface area contributed by atoms with E-state index in [-0.39, 0.29) is 6.73 Å². The summed E-state index contributed by atoms with van der Waals surface area (Å²) in [6, 6.07) is 0. The molecule has 1 aliphatic rings. The fraction of sp³-hybridized carbons (Fsp3) is 0.909. The maximum Gasteiger partial charge on any atom is 0.412 e. The van der Waals surface area contributed by atoms with Crippen LogP contribution >= 0.6 is 0 Å². The monoisotopic (exact) mass is 215 g/mol. The Bertz CT molecular complexity index is 234. The molecule has 1 amide bonds. The first-order valence-electron chi connectivity index (χ1n) is 5.42. The van der Waals surface area contributed by atoms with Gasteiger partial charge in [-0.1, -0.05) is 6.92 Å². The van der Waals surface area contributed by atoms with Gasteiger partial charge in [0.15, 0.2) is 0 Å². The summed E-state index contributed by atoms with van der Waals surface area (Å²) in [6.07, 6.45) is 0.711. The molecule has 1 aliphatic carbocycles. The van der Waals surface area contributed by atoms with E-state index in [4.69, 9.17) is 9.84 Å². The Kier molecular flexibility index (Phi) is 3.60. The van der Waals surface area contributed by atoms with Crippen LogP contribution in [0.4, 0.5) is 4.79 Å². The molecule has 2 atom stereocenters. The number of carbonyl (C=O) groups is 1. The Hall–Kier alpha value is -0.770. The van der Waals surface area contributed by atoms with Crippen molar-refractivity contribution in [2.45, 2.75) is 39.7 Å². The second-order valence-electron chi connectivity index (χ2n) is 5.32. The first-order valence-corrected chi connectivity index (χ1v) is 5.42. The van der Waals surface area contributed by atoms with E-state index < -0.39 is 11.7 Å². The molecule has 1 saturated carbocycles. The number of ether oxygens (including phenoxy) is 1. The topological polar surface area (TPSA) is 49.8 Å². The predicted molar refractivity (Wildman–Crippen MR) is 57.3 cm³/mol. The largest absolute Gasteiger partial charge is 0.444 e. The van der Waals surface area contributed by atoms with E-state index >= 15 is 0 Å². The highest BCUT2D eigenvalue weighted by molar-refractivity contribution is 5.68. The fourth-order valence-electron chi connectivity index (χ4n) is 1.45. The third kappa shape index (κ3) is 4.08. The standard InChI is InChI=1S/C11H21NO3/c1-8-5-9(8)6-12(7-13)10(14)15-11(2,3)4/h8-9,13H,5-7H2,1-4H3. The summed E-state index contributed by atoms with van der Waals surface area (Å²) >= 11 is 0. The highest BCUT2D eigenvalue weighted by Crippen LogP contribution is 2.38. The number of nitrogens with zero attached hydrogens (tertiary/aromatic N) is 1. The summed E-state index contributed by atoms with van der Waals surface area (Å²) < 4.78 is 5.18. The van der Waals surface area contributed by atoms with Crippen molar-refractivity contribution in [3.8, 4) is 0 Å². The van der Waals surface area contributed by atoms with Crippen molar-refractivity contribution in [2.24, 2.45) is 11.8 Å². The molecule has 2 unspecified atom stereocenters. The minimum atomic E-state index is -0.500. The van der Waals surface area contributed by atoms with Crippen LogP contribution in [0.1, 0.15) is 34.1 Å². The van der Waals surface area contributed by atoms with Crippen molar-refractivity contribution < 1.29 is 14.6 Å². The Morgan fingerprint density at radius 2 is 2.07 bits per heavy atom. The molecule has 0 aromatic carbocycles. The van der Waals surface area contributed by atoms with Crippen LogP contribution in [-0.4, -0.2) is 35.0 Å². The van der Waals surface area contributed by atoms with Crippen molar-refractivity contribution in [3.05, 3.63) is 0 Å². The molecule has 0 aromatic heterocycles. The van der Waals surface area contributed by atoms with Crippen molar-refractivity contribution in [2.75, 3.05) is 13.3 Å². The molecule has 0 spiro atoms. The Morgan fingerprint density at radius 1 is 1.53 bits per heavy atom. The molecule has 1 fully saturated rings. The van der Waals surface area contributed by atoms with Gasteiger partial charge in [-0.3, -0.25) is 4.90 Å². The number of hydrogen-bond acceptors (Lipinski definition) is 3. The SMILES string of the molecule is CC1CC1CN(CO)C(=O)OC(C)(C)C. The molecule has 0 heterocycles. The molecular formula is C11H21NO3. The quantitative estimate of drug-likeness (QED) is 0.731. The number of aliphatic hydroxyl groups is 1. The summed E-state index contributed by atoms with van der Waals surface area (Å²) in [4.78, 5) is 13.0. The summed E-state index contributed by atoms with van der Waals surface area (Å²) in [5.41, 5.74) is -0.500. The molecule has 1 rings (SSSR count). The fourth-order valence-corrected chi connectivity index (χ4v) is 1.45. The lowest BCUT2D eigenvalue weighted by Gasteiger charge is -2.26. The summed E-state index contributed by atoms with van der Waals surface area (Å²) in [7, 11) is 0. The molecular weight excluding hydrogens is 194 g/mol. The molecule has 88 valence electrons. The maximum absolute atomic E-state index is 11.6. The zero-order valence-corrected chi connectivity index (χ0v) is 9.99. The van der Waals surface area contributed by atoms with Gasteiger partial charge in [0, 0.05) is 6.54 Å². The minimum Gasteiger partial charge on any atom is -0.444 e. The molecule has 0 bridgehead atoms. The van der Waals surface area contributed by atoms with Crippen LogP contribution in [0.25, 0.3) is 0 Å². The Morgan fingerprint density at radius 3 is 2.40 bits per heavy atom. The summed E-state index contributed by atoms with van der Waals surface area (Å²) in [5, 5.41) is 9.08. The van der Waals surface area contributed by atoms with Crippen LogP contribution in [0, 0.1) is 11.8 Å². The van der Waals surface area contributed by atoms with Crippen LogP contribution in [0.5, 0.6) is 0 Å². The van der Waals surface area contributed by atoms with Gasteiger partial charge < -0.3 is 9.84 Å². The normalized spacial score (nSPS) is 24.9. The average molecular weight is 215 g/mol. The van der Waals surface area contributed by atoms with E-state index in [1.807, 2.05) is 20.8 Å². The lowest BCUT2D eigenvalue weighted by atomic mass is 10.2. The van der Waals surface area contributed by atoms with Gasteiger partial charge in [-0.05, 0) is 39.0 Å². The number of amides is 1. The second kappa shape index (κ2) is 4.39. The maximum atomic E-state index is 11.6. The van der Waals surface area contributed by atoms with Gasteiger partial charge in [0.25, 0.3) is 0 Å². The molecule has 4 nitrogen and oxygen atoms in total. The van der Waals surface area contributed by atoms with Gasteiger partial charge in [0.05, 0.1) is 0 Å². The van der Waals surface area contributed by atoms with Crippen molar-refractivity contribution in [1.29, 1.82) is 0 Å². The van der Waals surface area contributed by atoms with Crippen LogP contribution in [0.15, 0.2) is 0 Å².